The molecule has 0 fully saturated rings. The van der Waals surface area contributed by atoms with E-state index >= 15 is 0 Å². The molecule has 0 aliphatic heterocycles. The molecule has 0 atom stereocenters. The van der Waals surface area contributed by atoms with Gasteiger partial charge in [-0.15, -0.1) is 0 Å². The lowest BCUT2D eigenvalue weighted by atomic mass is 10.5. The van der Waals surface area contributed by atoms with E-state index in [1.165, 1.54) is 12.3 Å². The fraction of sp³-hybridized carbons (Fsp3) is 0. The summed E-state index contributed by atoms with van der Waals surface area (Å²) in [5.41, 5.74) is 0. The van der Waals surface area contributed by atoms with Gasteiger partial charge in [0.25, 0.3) is 0 Å². The van der Waals surface area contributed by atoms with Gasteiger partial charge in [0.2, 0.25) is 5.88 Å². The maximum absolute atomic E-state index is 8.74. The van der Waals surface area contributed by atoms with Crippen LogP contribution in [0.5, 0.6) is 5.88 Å². The van der Waals surface area contributed by atoms with Gasteiger partial charge in [0.15, 0.2) is 0 Å². The zero-order valence-corrected chi connectivity index (χ0v) is 5.82. The summed E-state index contributed by atoms with van der Waals surface area (Å²) in [6, 6.07) is 1.42. The van der Waals surface area contributed by atoms with Gasteiger partial charge in [0.05, 0.1) is 5.02 Å². The van der Waals surface area contributed by atoms with Crippen molar-refractivity contribution in [2.24, 2.45) is 0 Å². The zero-order valence-electron chi connectivity index (χ0n) is 4.31. The van der Waals surface area contributed by atoms with Crippen molar-refractivity contribution in [3.8, 4) is 5.88 Å². The van der Waals surface area contributed by atoms with Gasteiger partial charge in [-0.25, -0.2) is 4.98 Å². The highest BCUT2D eigenvalue weighted by atomic mass is 35.5. The first-order valence-electron chi connectivity index (χ1n) is 2.20. The molecule has 0 bridgehead atoms. The molecule has 1 heterocycles. The quantitative estimate of drug-likeness (QED) is 0.636. The van der Waals surface area contributed by atoms with Crippen molar-refractivity contribution >= 4 is 23.2 Å². The van der Waals surface area contributed by atoms with Gasteiger partial charge in [0, 0.05) is 6.20 Å². The third kappa shape index (κ3) is 1.47. The number of pyridine rings is 1. The van der Waals surface area contributed by atoms with Crippen molar-refractivity contribution in [3.05, 3.63) is 22.3 Å². The maximum Gasteiger partial charge on any atom is 0.230 e. The van der Waals surface area contributed by atoms with Gasteiger partial charge in [-0.05, 0) is 6.07 Å². The number of nitrogens with zero attached hydrogens (tertiary/aromatic N) is 1. The van der Waals surface area contributed by atoms with Crippen molar-refractivity contribution < 1.29 is 5.11 Å². The standard InChI is InChI=1S/C5H3Cl2NO/c6-3-1-4(7)5(9)8-2-3/h1-2H,(H,8,9). The molecule has 1 aromatic rings. The molecule has 0 spiro atoms. The first kappa shape index (κ1) is 6.65. The van der Waals surface area contributed by atoms with Crippen molar-refractivity contribution in [2.75, 3.05) is 0 Å². The molecule has 0 radical (unpaired) electrons. The molecule has 0 unspecified atom stereocenters. The lowest BCUT2D eigenvalue weighted by Crippen LogP contribution is -1.73. The van der Waals surface area contributed by atoms with E-state index < -0.39 is 0 Å². The molecule has 1 N–H and O–H groups in total. The molecular weight excluding hydrogens is 161 g/mol. The van der Waals surface area contributed by atoms with E-state index in [0.29, 0.717) is 5.02 Å². The monoisotopic (exact) mass is 163 g/mol. The van der Waals surface area contributed by atoms with Crippen molar-refractivity contribution in [1.82, 2.24) is 4.98 Å². The van der Waals surface area contributed by atoms with Crippen LogP contribution in [0.15, 0.2) is 12.3 Å². The second-order valence-electron chi connectivity index (χ2n) is 1.46. The van der Waals surface area contributed by atoms with Crippen LogP contribution in [0.25, 0.3) is 0 Å². The Balaban J connectivity index is 3.17. The van der Waals surface area contributed by atoms with Crippen molar-refractivity contribution in [1.29, 1.82) is 0 Å². The van der Waals surface area contributed by atoms with E-state index in [1.54, 1.807) is 0 Å². The van der Waals surface area contributed by atoms with Crippen LogP contribution in [0.1, 0.15) is 0 Å². The van der Waals surface area contributed by atoms with E-state index in [2.05, 4.69) is 4.98 Å². The molecule has 0 saturated heterocycles. The first-order chi connectivity index (χ1) is 4.20. The van der Waals surface area contributed by atoms with Crippen LogP contribution in [-0.2, 0) is 0 Å². The van der Waals surface area contributed by atoms with Gasteiger partial charge >= 0.3 is 0 Å². The molecule has 0 saturated carbocycles. The van der Waals surface area contributed by atoms with E-state index in [4.69, 9.17) is 28.3 Å². The Kier molecular flexibility index (Phi) is 1.78. The van der Waals surface area contributed by atoms with Crippen LogP contribution >= 0.6 is 23.2 Å². The predicted molar refractivity (Wildman–Crippen MR) is 35.9 cm³/mol. The number of rotatable bonds is 0. The summed E-state index contributed by atoms with van der Waals surface area (Å²) in [6.07, 6.45) is 1.32. The smallest absolute Gasteiger partial charge is 0.230 e. The third-order valence-corrected chi connectivity index (χ3v) is 1.27. The van der Waals surface area contributed by atoms with Crippen molar-refractivity contribution in [2.45, 2.75) is 0 Å². The van der Waals surface area contributed by atoms with Crippen LogP contribution < -0.4 is 0 Å². The highest BCUT2D eigenvalue weighted by molar-refractivity contribution is 6.35. The Labute approximate surface area is 62.1 Å². The minimum absolute atomic E-state index is 0.169. The molecule has 1 rings (SSSR count). The molecule has 2 nitrogen and oxygen atoms in total. The molecule has 4 heteroatoms. The molecule has 0 amide bonds. The molecule has 0 aliphatic rings. The summed E-state index contributed by atoms with van der Waals surface area (Å²) >= 11 is 10.9. The lowest BCUT2D eigenvalue weighted by molar-refractivity contribution is 0.454. The number of halogens is 2. The van der Waals surface area contributed by atoms with Crippen LogP contribution in [-0.4, -0.2) is 10.1 Å². The summed E-state index contributed by atoms with van der Waals surface area (Å²) in [5, 5.41) is 9.33. The Morgan fingerprint density at radius 2 is 2.11 bits per heavy atom. The minimum atomic E-state index is -0.193. The summed E-state index contributed by atoms with van der Waals surface area (Å²) in [4.78, 5) is 3.47. The number of hydrogen-bond acceptors (Lipinski definition) is 2. The summed E-state index contributed by atoms with van der Waals surface area (Å²) in [5.74, 6) is -0.193. The lowest BCUT2D eigenvalue weighted by Gasteiger charge is -1.92. The second kappa shape index (κ2) is 2.42. The van der Waals surface area contributed by atoms with Gasteiger partial charge in [-0.2, -0.15) is 0 Å². The maximum atomic E-state index is 8.74. The van der Waals surface area contributed by atoms with Crippen LogP contribution in [0.3, 0.4) is 0 Å². The van der Waals surface area contributed by atoms with Gasteiger partial charge < -0.3 is 5.11 Å². The highest BCUT2D eigenvalue weighted by Crippen LogP contribution is 2.22. The molecule has 0 aromatic carbocycles. The van der Waals surface area contributed by atoms with E-state index in [0.717, 1.165) is 0 Å². The second-order valence-corrected chi connectivity index (χ2v) is 2.30. The van der Waals surface area contributed by atoms with E-state index in [1.807, 2.05) is 0 Å². The highest BCUT2D eigenvalue weighted by Gasteiger charge is 1.97. The van der Waals surface area contributed by atoms with Crippen LogP contribution in [0, 0.1) is 0 Å². The van der Waals surface area contributed by atoms with Gasteiger partial charge in [-0.3, -0.25) is 0 Å². The van der Waals surface area contributed by atoms with E-state index in [-0.39, 0.29) is 10.9 Å². The third-order valence-electron chi connectivity index (χ3n) is 0.788. The van der Waals surface area contributed by atoms with Crippen LogP contribution in [0.2, 0.25) is 10.0 Å². The minimum Gasteiger partial charge on any atom is -0.492 e. The van der Waals surface area contributed by atoms with Crippen LogP contribution in [0.4, 0.5) is 0 Å². The normalized spacial score (nSPS) is 9.56. The Bertz CT molecular complexity index is 226. The number of hydrogen-bond donors (Lipinski definition) is 1. The summed E-state index contributed by atoms with van der Waals surface area (Å²) < 4.78 is 0. The SMILES string of the molecule is Oc1ncc(Cl)cc1Cl. The van der Waals surface area contributed by atoms with Gasteiger partial charge in [-0.1, -0.05) is 23.2 Å². The Hall–Kier alpha value is -0.470. The number of aromatic nitrogens is 1. The Morgan fingerprint density at radius 3 is 2.56 bits per heavy atom. The Morgan fingerprint density at radius 1 is 1.44 bits per heavy atom. The average Bonchev–Trinajstić information content (AvgIpc) is 1.80. The fourth-order valence-electron chi connectivity index (χ4n) is 0.407. The average molecular weight is 164 g/mol. The van der Waals surface area contributed by atoms with Crippen molar-refractivity contribution in [3.63, 3.8) is 0 Å². The molecule has 0 aliphatic carbocycles. The topological polar surface area (TPSA) is 33.1 Å². The largest absolute Gasteiger partial charge is 0.492 e. The summed E-state index contributed by atoms with van der Waals surface area (Å²) in [6.45, 7) is 0. The predicted octanol–water partition coefficient (Wildman–Crippen LogP) is 2.09. The van der Waals surface area contributed by atoms with E-state index in [9.17, 15) is 0 Å². The number of aromatic hydroxyl groups is 1. The zero-order chi connectivity index (χ0) is 6.85. The summed E-state index contributed by atoms with van der Waals surface area (Å²) in [7, 11) is 0. The van der Waals surface area contributed by atoms with Gasteiger partial charge in [0.1, 0.15) is 5.02 Å². The first-order valence-corrected chi connectivity index (χ1v) is 2.96. The molecular formula is C5H3Cl2NO. The molecule has 48 valence electrons. The fourth-order valence-corrected chi connectivity index (χ4v) is 0.787. The molecule has 1 aromatic heterocycles. The molecule has 9 heavy (non-hydrogen) atoms.